The van der Waals surface area contributed by atoms with E-state index in [1.165, 1.54) is 83.5 Å². The van der Waals surface area contributed by atoms with Gasteiger partial charge in [-0.1, -0.05) is 84.0 Å². The van der Waals surface area contributed by atoms with Crippen molar-refractivity contribution in [3.63, 3.8) is 0 Å². The first kappa shape index (κ1) is 25.9. The summed E-state index contributed by atoms with van der Waals surface area (Å²) in [6, 6.07) is 0. The second kappa shape index (κ2) is 18.3. The Morgan fingerprint density at radius 1 is 0.654 bits per heavy atom. The molecule has 0 bridgehead atoms. The maximum Gasteiger partial charge on any atom is 0.111 e. The molecule has 2 unspecified atom stereocenters. The summed E-state index contributed by atoms with van der Waals surface area (Å²) < 4.78 is 6.26. The predicted octanol–water partition coefficient (Wildman–Crippen LogP) is 6.32. The number of ether oxygens (including phenoxy) is 1. The van der Waals surface area contributed by atoms with Crippen LogP contribution in [0.2, 0.25) is 0 Å². The van der Waals surface area contributed by atoms with Gasteiger partial charge in [0.25, 0.3) is 0 Å². The normalized spacial score (nSPS) is 14.3. The fourth-order valence-corrected chi connectivity index (χ4v) is 3.43. The van der Waals surface area contributed by atoms with Gasteiger partial charge in [0.2, 0.25) is 0 Å². The molecule has 158 valence electrons. The third kappa shape index (κ3) is 17.3. The first-order valence-electron chi connectivity index (χ1n) is 11.4. The Hall–Kier alpha value is -0.120. The van der Waals surface area contributed by atoms with E-state index < -0.39 is 0 Å². The summed E-state index contributed by atoms with van der Waals surface area (Å²) in [5, 5.41) is 0. The van der Waals surface area contributed by atoms with Gasteiger partial charge in [-0.05, 0) is 48.0 Å². The highest BCUT2D eigenvalue weighted by atomic mass is 16.5. The quantitative estimate of drug-likeness (QED) is 0.195. The van der Waals surface area contributed by atoms with Crippen molar-refractivity contribution >= 4 is 0 Å². The average molecular weight is 371 g/mol. The van der Waals surface area contributed by atoms with Crippen LogP contribution < -0.4 is 0 Å². The first-order chi connectivity index (χ1) is 12.5. The van der Waals surface area contributed by atoms with Crippen LogP contribution in [0.25, 0.3) is 0 Å². The molecule has 0 aromatic rings. The molecule has 0 radical (unpaired) electrons. The summed E-state index contributed by atoms with van der Waals surface area (Å²) in [4.78, 5) is 4.44. The molecule has 0 saturated carbocycles. The zero-order valence-corrected chi connectivity index (χ0v) is 19.1. The number of nitrogens with zero attached hydrogens (tertiary/aromatic N) is 2. The van der Waals surface area contributed by atoms with Crippen molar-refractivity contribution in [2.45, 2.75) is 116 Å². The van der Waals surface area contributed by atoms with Crippen molar-refractivity contribution in [1.29, 1.82) is 0 Å². The Labute approximate surface area is 165 Å². The summed E-state index contributed by atoms with van der Waals surface area (Å²) in [5.41, 5.74) is 0. The molecule has 0 amide bonds. The lowest BCUT2D eigenvalue weighted by Crippen LogP contribution is -2.36. The van der Waals surface area contributed by atoms with E-state index in [1.807, 2.05) is 0 Å². The van der Waals surface area contributed by atoms with Crippen molar-refractivity contribution in [3.05, 3.63) is 0 Å². The molecular weight excluding hydrogens is 320 g/mol. The van der Waals surface area contributed by atoms with E-state index in [0.29, 0.717) is 6.10 Å². The molecule has 0 fully saturated rings. The van der Waals surface area contributed by atoms with E-state index in [1.54, 1.807) is 0 Å². The second-order valence-corrected chi connectivity index (χ2v) is 8.63. The van der Waals surface area contributed by atoms with Crippen LogP contribution in [0.1, 0.15) is 104 Å². The fraction of sp³-hybridized carbons (Fsp3) is 1.00. The fourth-order valence-electron chi connectivity index (χ4n) is 3.43. The lowest BCUT2D eigenvalue weighted by molar-refractivity contribution is -0.0838. The van der Waals surface area contributed by atoms with Crippen LogP contribution in [0.15, 0.2) is 0 Å². The molecule has 0 spiro atoms. The van der Waals surface area contributed by atoms with Crippen molar-refractivity contribution in [1.82, 2.24) is 9.80 Å². The minimum Gasteiger partial charge on any atom is -0.360 e. The van der Waals surface area contributed by atoms with Gasteiger partial charge in [0.15, 0.2) is 0 Å². The molecule has 3 nitrogen and oxygen atoms in total. The van der Waals surface area contributed by atoms with Gasteiger partial charge in [-0.25, -0.2) is 0 Å². The highest BCUT2D eigenvalue weighted by Gasteiger charge is 2.15. The van der Waals surface area contributed by atoms with E-state index in [4.69, 9.17) is 4.74 Å². The van der Waals surface area contributed by atoms with Crippen LogP contribution in [0, 0.1) is 0 Å². The molecule has 0 aliphatic heterocycles. The van der Waals surface area contributed by atoms with Gasteiger partial charge in [-0.3, -0.25) is 4.90 Å². The van der Waals surface area contributed by atoms with Gasteiger partial charge in [-0.15, -0.1) is 0 Å². The molecule has 0 aromatic carbocycles. The Bertz CT molecular complexity index is 281. The molecule has 0 aliphatic carbocycles. The summed E-state index contributed by atoms with van der Waals surface area (Å²) in [5.74, 6) is 0. The third-order valence-electron chi connectivity index (χ3n) is 5.25. The maximum atomic E-state index is 6.26. The van der Waals surface area contributed by atoms with Gasteiger partial charge in [0.05, 0.1) is 6.10 Å². The van der Waals surface area contributed by atoms with Crippen LogP contribution >= 0.6 is 0 Å². The van der Waals surface area contributed by atoms with Gasteiger partial charge in [0.1, 0.15) is 6.23 Å². The van der Waals surface area contributed by atoms with Crippen molar-refractivity contribution in [3.8, 4) is 0 Å². The van der Waals surface area contributed by atoms with Crippen LogP contribution in [0.5, 0.6) is 0 Å². The molecule has 0 N–H and O–H groups in total. The highest BCUT2D eigenvalue weighted by Crippen LogP contribution is 2.15. The minimum absolute atomic E-state index is 0.240. The molecule has 26 heavy (non-hydrogen) atoms. The molecular formula is C23H50N2O. The van der Waals surface area contributed by atoms with Gasteiger partial charge in [-0.2, -0.15) is 0 Å². The van der Waals surface area contributed by atoms with Gasteiger partial charge >= 0.3 is 0 Å². The van der Waals surface area contributed by atoms with Crippen molar-refractivity contribution in [2.75, 3.05) is 34.7 Å². The van der Waals surface area contributed by atoms with E-state index in [-0.39, 0.29) is 6.23 Å². The zero-order valence-electron chi connectivity index (χ0n) is 19.1. The van der Waals surface area contributed by atoms with Gasteiger partial charge < -0.3 is 9.64 Å². The SMILES string of the molecule is CCCCCCCCCCCCCCC(C)OC(CCN(C)C)N(C)C. The molecule has 0 heterocycles. The van der Waals surface area contributed by atoms with Crippen LogP contribution in [0.4, 0.5) is 0 Å². The van der Waals surface area contributed by atoms with E-state index >= 15 is 0 Å². The maximum absolute atomic E-state index is 6.26. The monoisotopic (exact) mass is 370 g/mol. The minimum atomic E-state index is 0.240. The largest absolute Gasteiger partial charge is 0.360 e. The number of hydrogen-bond donors (Lipinski definition) is 0. The first-order valence-corrected chi connectivity index (χ1v) is 11.4. The predicted molar refractivity (Wildman–Crippen MR) is 117 cm³/mol. The Balaban J connectivity index is 3.50. The van der Waals surface area contributed by atoms with Crippen LogP contribution in [-0.4, -0.2) is 56.9 Å². The third-order valence-corrected chi connectivity index (χ3v) is 5.25. The van der Waals surface area contributed by atoms with Crippen LogP contribution in [0.3, 0.4) is 0 Å². The average Bonchev–Trinajstić information content (AvgIpc) is 2.59. The molecule has 0 rings (SSSR count). The Morgan fingerprint density at radius 3 is 1.54 bits per heavy atom. The Morgan fingerprint density at radius 2 is 1.12 bits per heavy atom. The second-order valence-electron chi connectivity index (χ2n) is 8.63. The zero-order chi connectivity index (χ0) is 19.6. The van der Waals surface area contributed by atoms with E-state index in [2.05, 4.69) is 51.8 Å². The van der Waals surface area contributed by atoms with Crippen molar-refractivity contribution < 1.29 is 4.74 Å². The molecule has 0 saturated heterocycles. The molecule has 3 heteroatoms. The Kier molecular flexibility index (Phi) is 18.2. The number of hydrogen-bond acceptors (Lipinski definition) is 3. The molecule has 2 atom stereocenters. The lowest BCUT2D eigenvalue weighted by Gasteiger charge is -2.29. The number of unbranched alkanes of at least 4 members (excludes halogenated alkanes) is 11. The van der Waals surface area contributed by atoms with Gasteiger partial charge in [0, 0.05) is 6.54 Å². The standard InChI is InChI=1S/C23H50N2O/c1-7-8-9-10-11-12-13-14-15-16-17-18-19-22(2)26-23(25(5)6)20-21-24(3)4/h22-23H,7-21H2,1-6H3. The van der Waals surface area contributed by atoms with E-state index in [0.717, 1.165) is 13.0 Å². The van der Waals surface area contributed by atoms with Crippen molar-refractivity contribution in [2.24, 2.45) is 0 Å². The van der Waals surface area contributed by atoms with E-state index in [9.17, 15) is 0 Å². The molecule has 0 aliphatic rings. The summed E-state index contributed by atoms with van der Waals surface area (Å²) in [7, 11) is 8.50. The lowest BCUT2D eigenvalue weighted by atomic mass is 10.0. The summed E-state index contributed by atoms with van der Waals surface area (Å²) in [6.45, 7) is 5.61. The summed E-state index contributed by atoms with van der Waals surface area (Å²) >= 11 is 0. The number of rotatable bonds is 19. The topological polar surface area (TPSA) is 15.7 Å². The smallest absolute Gasteiger partial charge is 0.111 e. The molecule has 0 aromatic heterocycles. The highest BCUT2D eigenvalue weighted by molar-refractivity contribution is 4.61. The van der Waals surface area contributed by atoms with Crippen LogP contribution in [-0.2, 0) is 4.74 Å². The summed E-state index contributed by atoms with van der Waals surface area (Å²) in [6.07, 6.45) is 19.9.